The zero-order valence-electron chi connectivity index (χ0n) is 6.08. The van der Waals surface area contributed by atoms with E-state index >= 15 is 0 Å². The van der Waals surface area contributed by atoms with Crippen LogP contribution in [0.3, 0.4) is 0 Å². The second-order valence-electron chi connectivity index (χ2n) is 2.81. The molecule has 1 saturated carbocycles. The van der Waals surface area contributed by atoms with E-state index in [9.17, 15) is 8.42 Å². The average Bonchev–Trinajstić information content (AvgIpc) is 1.81. The molecular formula is C6H13NO2S. The second kappa shape index (κ2) is 2.51. The molecule has 0 aliphatic heterocycles. The van der Waals surface area contributed by atoms with Crippen LogP contribution in [0.1, 0.15) is 19.8 Å². The van der Waals surface area contributed by atoms with Crippen LogP contribution in [-0.4, -0.2) is 25.5 Å². The van der Waals surface area contributed by atoms with Crippen LogP contribution in [0.4, 0.5) is 0 Å². The predicted molar refractivity (Wildman–Crippen MR) is 40.5 cm³/mol. The van der Waals surface area contributed by atoms with E-state index in [2.05, 4.69) is 0 Å². The molecule has 0 aromatic heterocycles. The van der Waals surface area contributed by atoms with Gasteiger partial charge in [-0.25, -0.2) is 8.42 Å². The first kappa shape index (κ1) is 8.01. The van der Waals surface area contributed by atoms with Gasteiger partial charge in [-0.05, 0) is 12.8 Å². The molecule has 60 valence electrons. The van der Waals surface area contributed by atoms with Crippen LogP contribution in [0.25, 0.3) is 0 Å². The number of hydrogen-bond donors (Lipinski definition) is 1. The van der Waals surface area contributed by atoms with Gasteiger partial charge in [0.1, 0.15) is 0 Å². The maximum Gasteiger partial charge on any atom is 0.153 e. The Hall–Kier alpha value is -0.0900. The summed E-state index contributed by atoms with van der Waals surface area (Å²) in [5, 5.41) is -0.132. The van der Waals surface area contributed by atoms with Crippen molar-refractivity contribution in [1.29, 1.82) is 0 Å². The smallest absolute Gasteiger partial charge is 0.153 e. The summed E-state index contributed by atoms with van der Waals surface area (Å²) < 4.78 is 22.1. The minimum absolute atomic E-state index is 0.131. The quantitative estimate of drug-likeness (QED) is 0.619. The Morgan fingerprint density at radius 1 is 1.50 bits per heavy atom. The summed E-state index contributed by atoms with van der Waals surface area (Å²) in [7, 11) is -2.77. The van der Waals surface area contributed by atoms with Gasteiger partial charge in [-0.1, -0.05) is 6.92 Å². The highest BCUT2D eigenvalue weighted by molar-refractivity contribution is 7.92. The van der Waals surface area contributed by atoms with Gasteiger partial charge in [0.25, 0.3) is 0 Å². The third-order valence-corrected chi connectivity index (χ3v) is 4.25. The predicted octanol–water partition coefficient (Wildman–Crippen LogP) is -0.0892. The normalized spacial score (nSPS) is 33.4. The largest absolute Gasteiger partial charge is 0.328 e. The molecule has 1 rings (SSSR count). The maximum atomic E-state index is 11.1. The first-order valence-electron chi connectivity index (χ1n) is 3.53. The minimum atomic E-state index is -2.77. The van der Waals surface area contributed by atoms with E-state index in [0.29, 0.717) is 12.8 Å². The topological polar surface area (TPSA) is 60.2 Å². The van der Waals surface area contributed by atoms with Crippen molar-refractivity contribution in [2.75, 3.05) is 5.75 Å². The summed E-state index contributed by atoms with van der Waals surface area (Å²) in [6.45, 7) is 1.68. The van der Waals surface area contributed by atoms with Crippen LogP contribution in [0, 0.1) is 0 Å². The fourth-order valence-electron chi connectivity index (χ4n) is 1.14. The average molecular weight is 163 g/mol. The molecule has 3 nitrogen and oxygen atoms in total. The van der Waals surface area contributed by atoms with Crippen LogP contribution < -0.4 is 5.73 Å². The standard InChI is InChI=1S/C6H13NO2S/c1-2-10(8,9)6-3-5(7)4-6/h5-6H,2-4,7H2,1H3/t5-,6-. The molecule has 2 N–H and O–H groups in total. The Morgan fingerprint density at radius 3 is 2.30 bits per heavy atom. The van der Waals surface area contributed by atoms with Crippen LogP contribution in [0.15, 0.2) is 0 Å². The zero-order valence-corrected chi connectivity index (χ0v) is 6.89. The van der Waals surface area contributed by atoms with E-state index in [0.717, 1.165) is 0 Å². The molecule has 0 bridgehead atoms. The van der Waals surface area contributed by atoms with E-state index in [1.807, 2.05) is 0 Å². The Kier molecular flexibility index (Phi) is 2.01. The molecule has 0 radical (unpaired) electrons. The van der Waals surface area contributed by atoms with Gasteiger partial charge in [0.2, 0.25) is 0 Å². The fraction of sp³-hybridized carbons (Fsp3) is 1.00. The summed E-state index contributed by atoms with van der Waals surface area (Å²) in [6, 6.07) is 0.131. The summed E-state index contributed by atoms with van der Waals surface area (Å²) in [5.41, 5.74) is 5.46. The lowest BCUT2D eigenvalue weighted by atomic mass is 9.94. The molecule has 0 unspecified atom stereocenters. The van der Waals surface area contributed by atoms with Crippen molar-refractivity contribution >= 4 is 9.84 Å². The molecule has 0 saturated heterocycles. The molecule has 0 aromatic carbocycles. The Morgan fingerprint density at radius 2 is 2.00 bits per heavy atom. The number of hydrogen-bond acceptors (Lipinski definition) is 3. The Labute approximate surface area is 61.5 Å². The van der Waals surface area contributed by atoms with Gasteiger partial charge < -0.3 is 5.73 Å². The monoisotopic (exact) mass is 163 g/mol. The lowest BCUT2D eigenvalue weighted by Crippen LogP contribution is -2.45. The summed E-state index contributed by atoms with van der Waals surface area (Å²) in [5.74, 6) is 0.254. The van der Waals surface area contributed by atoms with Crippen LogP contribution in [0.5, 0.6) is 0 Å². The highest BCUT2D eigenvalue weighted by Crippen LogP contribution is 2.25. The van der Waals surface area contributed by atoms with E-state index in [-0.39, 0.29) is 17.0 Å². The van der Waals surface area contributed by atoms with Gasteiger partial charge in [0, 0.05) is 11.8 Å². The lowest BCUT2D eigenvalue weighted by molar-refractivity contribution is 0.409. The highest BCUT2D eigenvalue weighted by Gasteiger charge is 2.35. The van der Waals surface area contributed by atoms with Gasteiger partial charge in [0.05, 0.1) is 5.25 Å². The highest BCUT2D eigenvalue weighted by atomic mass is 32.2. The second-order valence-corrected chi connectivity index (χ2v) is 5.37. The van der Waals surface area contributed by atoms with Crippen molar-refractivity contribution in [2.24, 2.45) is 5.73 Å². The lowest BCUT2D eigenvalue weighted by Gasteiger charge is -2.31. The molecule has 1 aliphatic carbocycles. The van der Waals surface area contributed by atoms with E-state index in [1.54, 1.807) is 6.92 Å². The molecule has 0 amide bonds. The summed E-state index contributed by atoms with van der Waals surface area (Å²) >= 11 is 0. The number of rotatable bonds is 2. The Bertz CT molecular complexity index is 204. The van der Waals surface area contributed by atoms with Crippen molar-refractivity contribution in [2.45, 2.75) is 31.1 Å². The van der Waals surface area contributed by atoms with Gasteiger partial charge in [-0.2, -0.15) is 0 Å². The van der Waals surface area contributed by atoms with Crippen LogP contribution in [0.2, 0.25) is 0 Å². The molecule has 1 aliphatic rings. The molecule has 0 heterocycles. The number of nitrogens with two attached hydrogens (primary N) is 1. The first-order valence-corrected chi connectivity index (χ1v) is 5.25. The van der Waals surface area contributed by atoms with Crippen LogP contribution >= 0.6 is 0 Å². The third kappa shape index (κ3) is 1.32. The molecule has 10 heavy (non-hydrogen) atoms. The van der Waals surface area contributed by atoms with Gasteiger partial charge in [-0.3, -0.25) is 0 Å². The maximum absolute atomic E-state index is 11.1. The van der Waals surface area contributed by atoms with Crippen molar-refractivity contribution in [3.63, 3.8) is 0 Å². The van der Waals surface area contributed by atoms with Crippen LogP contribution in [-0.2, 0) is 9.84 Å². The zero-order chi connectivity index (χ0) is 7.78. The summed E-state index contributed by atoms with van der Waals surface area (Å²) in [4.78, 5) is 0. The molecular weight excluding hydrogens is 150 g/mol. The van der Waals surface area contributed by atoms with Crippen molar-refractivity contribution < 1.29 is 8.42 Å². The molecule has 1 fully saturated rings. The third-order valence-electron chi connectivity index (χ3n) is 2.04. The minimum Gasteiger partial charge on any atom is -0.328 e. The fourth-order valence-corrected chi connectivity index (χ4v) is 2.69. The molecule has 4 heteroatoms. The molecule has 0 atom stereocenters. The number of sulfone groups is 1. The van der Waals surface area contributed by atoms with Gasteiger partial charge in [0.15, 0.2) is 9.84 Å². The van der Waals surface area contributed by atoms with Crippen molar-refractivity contribution in [3.8, 4) is 0 Å². The summed E-state index contributed by atoms with van der Waals surface area (Å²) in [6.07, 6.45) is 1.33. The Balaban J connectivity index is 2.53. The van der Waals surface area contributed by atoms with E-state index < -0.39 is 9.84 Å². The van der Waals surface area contributed by atoms with Crippen molar-refractivity contribution in [1.82, 2.24) is 0 Å². The van der Waals surface area contributed by atoms with Gasteiger partial charge in [-0.15, -0.1) is 0 Å². The first-order chi connectivity index (χ1) is 4.56. The van der Waals surface area contributed by atoms with E-state index in [4.69, 9.17) is 5.73 Å². The molecule has 0 spiro atoms. The van der Waals surface area contributed by atoms with E-state index in [1.165, 1.54) is 0 Å². The SMILES string of the molecule is CCS(=O)(=O)[C@H]1C[C@H](N)C1. The van der Waals surface area contributed by atoms with Crippen molar-refractivity contribution in [3.05, 3.63) is 0 Å². The molecule has 0 aromatic rings. The van der Waals surface area contributed by atoms with Gasteiger partial charge >= 0.3 is 0 Å².